The van der Waals surface area contributed by atoms with Crippen LogP contribution in [0.5, 0.6) is 0 Å². The van der Waals surface area contributed by atoms with Crippen molar-refractivity contribution in [2.24, 2.45) is 0 Å². The van der Waals surface area contributed by atoms with Crippen LogP contribution in [0.1, 0.15) is 21.6 Å². The Hall–Kier alpha value is -3.73. The minimum absolute atomic E-state index is 0.208. The summed E-state index contributed by atoms with van der Waals surface area (Å²) in [7, 11) is 0. The van der Waals surface area contributed by atoms with E-state index in [2.05, 4.69) is 20.6 Å². The molecule has 138 valence electrons. The van der Waals surface area contributed by atoms with Crippen molar-refractivity contribution in [3.63, 3.8) is 0 Å². The highest BCUT2D eigenvalue weighted by molar-refractivity contribution is 5.95. The Kier molecular flexibility index (Phi) is 4.97. The molecule has 1 amide bonds. The first kappa shape index (κ1) is 17.7. The highest BCUT2D eigenvalue weighted by atomic mass is 16.1. The van der Waals surface area contributed by atoms with E-state index in [0.29, 0.717) is 12.2 Å². The molecule has 0 fully saturated rings. The number of para-hydroxylation sites is 1. The van der Waals surface area contributed by atoms with Gasteiger partial charge in [-0.1, -0.05) is 48.0 Å². The van der Waals surface area contributed by atoms with E-state index in [-0.39, 0.29) is 5.91 Å². The largest absolute Gasteiger partial charge is 0.354 e. The van der Waals surface area contributed by atoms with Gasteiger partial charge >= 0.3 is 0 Å². The number of carbonyl (C=O) groups excluding carboxylic acids is 1. The zero-order chi connectivity index (χ0) is 19.3. The van der Waals surface area contributed by atoms with Crippen molar-refractivity contribution in [3.8, 4) is 0 Å². The van der Waals surface area contributed by atoms with Gasteiger partial charge in [-0.15, -0.1) is 0 Å². The number of aryl methyl sites for hydroxylation is 1. The van der Waals surface area contributed by atoms with Crippen LogP contribution < -0.4 is 10.6 Å². The maximum atomic E-state index is 12.5. The molecule has 5 heteroatoms. The second-order valence-corrected chi connectivity index (χ2v) is 6.60. The van der Waals surface area contributed by atoms with Crippen LogP contribution >= 0.6 is 0 Å². The molecule has 0 aliphatic heterocycles. The first-order chi connectivity index (χ1) is 13.7. The summed E-state index contributed by atoms with van der Waals surface area (Å²) in [6, 6.07) is 21.5. The molecule has 0 aliphatic rings. The zero-order valence-electron chi connectivity index (χ0n) is 15.5. The number of amides is 1. The molecule has 2 aromatic heterocycles. The molecule has 28 heavy (non-hydrogen) atoms. The van der Waals surface area contributed by atoms with Gasteiger partial charge in [0.1, 0.15) is 5.69 Å². The molecule has 0 saturated heterocycles. The third kappa shape index (κ3) is 3.99. The fraction of sp³-hybridized carbons (Fsp3) is 0.0870. The number of fused-ring (bicyclic) bond motifs is 1. The van der Waals surface area contributed by atoms with E-state index in [4.69, 9.17) is 0 Å². The number of carbonyl (C=O) groups is 1. The second kappa shape index (κ2) is 7.88. The lowest BCUT2D eigenvalue weighted by Crippen LogP contribution is -2.23. The maximum Gasteiger partial charge on any atom is 0.270 e. The van der Waals surface area contributed by atoms with E-state index in [1.807, 2.05) is 67.6 Å². The van der Waals surface area contributed by atoms with Crippen LogP contribution in [0.2, 0.25) is 0 Å². The first-order valence-corrected chi connectivity index (χ1v) is 9.09. The average Bonchev–Trinajstić information content (AvgIpc) is 2.74. The Labute approximate surface area is 163 Å². The lowest BCUT2D eigenvalue weighted by Gasteiger charge is -2.10. The first-order valence-electron chi connectivity index (χ1n) is 9.09. The summed E-state index contributed by atoms with van der Waals surface area (Å²) in [5.41, 5.74) is 5.16. The van der Waals surface area contributed by atoms with Crippen molar-refractivity contribution in [1.82, 2.24) is 15.3 Å². The summed E-state index contributed by atoms with van der Waals surface area (Å²) in [4.78, 5) is 21.1. The normalized spacial score (nSPS) is 10.6. The van der Waals surface area contributed by atoms with Crippen molar-refractivity contribution < 1.29 is 4.79 Å². The molecule has 5 nitrogen and oxygen atoms in total. The van der Waals surface area contributed by atoms with Crippen molar-refractivity contribution in [2.45, 2.75) is 13.5 Å². The second-order valence-electron chi connectivity index (χ2n) is 6.60. The summed E-state index contributed by atoms with van der Waals surface area (Å²) < 4.78 is 0. The third-order valence-electron chi connectivity index (χ3n) is 4.48. The van der Waals surface area contributed by atoms with Gasteiger partial charge in [0.2, 0.25) is 0 Å². The van der Waals surface area contributed by atoms with Crippen LogP contribution in [0.3, 0.4) is 0 Å². The van der Waals surface area contributed by atoms with Crippen molar-refractivity contribution in [3.05, 3.63) is 95.9 Å². The number of rotatable bonds is 5. The minimum atomic E-state index is -0.208. The number of benzene rings is 2. The number of hydrogen-bond donors (Lipinski definition) is 2. The van der Waals surface area contributed by atoms with Crippen molar-refractivity contribution in [2.75, 3.05) is 5.32 Å². The number of anilines is 2. The van der Waals surface area contributed by atoms with E-state index in [0.717, 1.165) is 27.8 Å². The molecule has 2 aromatic carbocycles. The maximum absolute atomic E-state index is 12.5. The number of nitrogens with zero attached hydrogens (tertiary/aromatic N) is 2. The molecular weight excluding hydrogens is 348 g/mol. The summed E-state index contributed by atoms with van der Waals surface area (Å²) >= 11 is 0. The number of pyridine rings is 2. The predicted octanol–water partition coefficient (Wildman–Crippen LogP) is 4.61. The Morgan fingerprint density at radius 2 is 1.75 bits per heavy atom. The summed E-state index contributed by atoms with van der Waals surface area (Å²) in [6.07, 6.45) is 3.39. The SMILES string of the molecule is Cc1ccc(CNC(=O)c2cc(Nc3cccc4cccnc34)ccn2)cc1. The lowest BCUT2D eigenvalue weighted by atomic mass is 10.1. The molecular formula is C23H20N4O. The highest BCUT2D eigenvalue weighted by Crippen LogP contribution is 2.24. The summed E-state index contributed by atoms with van der Waals surface area (Å²) in [5.74, 6) is -0.208. The minimum Gasteiger partial charge on any atom is -0.354 e. The van der Waals surface area contributed by atoms with E-state index < -0.39 is 0 Å². The van der Waals surface area contributed by atoms with Crippen LogP contribution in [0.4, 0.5) is 11.4 Å². The molecule has 0 unspecified atom stereocenters. The van der Waals surface area contributed by atoms with E-state index >= 15 is 0 Å². The molecule has 4 rings (SSSR count). The Bertz CT molecular complexity index is 1120. The van der Waals surface area contributed by atoms with E-state index in [1.54, 1.807) is 18.5 Å². The molecule has 4 aromatic rings. The standard InChI is InChI=1S/C23H20N4O/c1-16-7-9-17(10-8-16)15-26-23(28)21-14-19(11-13-24-21)27-20-6-2-4-18-5-3-12-25-22(18)20/h2-14H,15H2,1H3,(H,24,27)(H,26,28). The molecule has 0 saturated carbocycles. The Morgan fingerprint density at radius 1 is 0.929 bits per heavy atom. The average molecular weight is 368 g/mol. The van der Waals surface area contributed by atoms with E-state index in [1.165, 1.54) is 5.56 Å². The molecule has 0 radical (unpaired) electrons. The van der Waals surface area contributed by atoms with Gasteiger partial charge in [0.15, 0.2) is 0 Å². The Morgan fingerprint density at radius 3 is 2.61 bits per heavy atom. The lowest BCUT2D eigenvalue weighted by molar-refractivity contribution is 0.0946. The van der Waals surface area contributed by atoms with Crippen LogP contribution in [0.15, 0.2) is 79.1 Å². The van der Waals surface area contributed by atoms with Crippen LogP contribution in [0, 0.1) is 6.92 Å². The van der Waals surface area contributed by atoms with E-state index in [9.17, 15) is 4.79 Å². The van der Waals surface area contributed by atoms with Gasteiger partial charge in [0.05, 0.1) is 11.2 Å². The van der Waals surface area contributed by atoms with Gasteiger partial charge in [-0.05, 0) is 36.8 Å². The number of hydrogen-bond acceptors (Lipinski definition) is 4. The highest BCUT2D eigenvalue weighted by Gasteiger charge is 2.09. The van der Waals surface area contributed by atoms with Gasteiger partial charge in [-0.25, -0.2) is 0 Å². The topological polar surface area (TPSA) is 66.9 Å². The number of aromatic nitrogens is 2. The van der Waals surface area contributed by atoms with Gasteiger partial charge < -0.3 is 10.6 Å². The molecule has 0 aliphatic carbocycles. The van der Waals surface area contributed by atoms with Gasteiger partial charge in [-0.2, -0.15) is 0 Å². The van der Waals surface area contributed by atoms with Crippen molar-refractivity contribution in [1.29, 1.82) is 0 Å². The van der Waals surface area contributed by atoms with Crippen LogP contribution in [0.25, 0.3) is 10.9 Å². The Balaban J connectivity index is 1.49. The van der Waals surface area contributed by atoms with Gasteiger partial charge in [-0.3, -0.25) is 14.8 Å². The number of nitrogens with one attached hydrogen (secondary N) is 2. The molecule has 0 bridgehead atoms. The molecule has 2 heterocycles. The molecule has 0 spiro atoms. The smallest absolute Gasteiger partial charge is 0.270 e. The molecule has 0 atom stereocenters. The summed E-state index contributed by atoms with van der Waals surface area (Å²) in [5, 5.41) is 7.31. The fourth-order valence-corrected chi connectivity index (χ4v) is 2.97. The zero-order valence-corrected chi connectivity index (χ0v) is 15.5. The predicted molar refractivity (Wildman–Crippen MR) is 112 cm³/mol. The van der Waals surface area contributed by atoms with Crippen LogP contribution in [-0.4, -0.2) is 15.9 Å². The van der Waals surface area contributed by atoms with Gasteiger partial charge in [0.25, 0.3) is 5.91 Å². The fourth-order valence-electron chi connectivity index (χ4n) is 2.97. The quantitative estimate of drug-likeness (QED) is 0.540. The monoisotopic (exact) mass is 368 g/mol. The molecule has 2 N–H and O–H groups in total. The van der Waals surface area contributed by atoms with Crippen molar-refractivity contribution >= 4 is 28.2 Å². The summed E-state index contributed by atoms with van der Waals surface area (Å²) in [6.45, 7) is 2.50. The van der Waals surface area contributed by atoms with Crippen LogP contribution in [-0.2, 0) is 6.54 Å². The van der Waals surface area contributed by atoms with Gasteiger partial charge in [0, 0.05) is 30.0 Å². The third-order valence-corrected chi connectivity index (χ3v) is 4.48.